The second-order valence-electron chi connectivity index (χ2n) is 10.0. The number of carbonyl (C=O) groups is 1. The van der Waals surface area contributed by atoms with E-state index in [0.29, 0.717) is 21.9 Å². The predicted molar refractivity (Wildman–Crippen MR) is 122 cm³/mol. The lowest BCUT2D eigenvalue weighted by molar-refractivity contribution is -0.161. The van der Waals surface area contributed by atoms with E-state index < -0.39 is 11.4 Å². The third-order valence-corrected chi connectivity index (χ3v) is 9.16. The SMILES string of the molecule is CCC(Cc1c(-c2c(Cl)cccc2Cl)noc1C1CC1)C12CCC(C(=O)O)(CC1)CC2. The van der Waals surface area contributed by atoms with Crippen molar-refractivity contribution in [1.82, 2.24) is 5.16 Å². The molecule has 1 aromatic carbocycles. The molecular formula is C25H29Cl2NO3. The number of fused-ring (bicyclic) bond motifs is 3. The summed E-state index contributed by atoms with van der Waals surface area (Å²) in [5, 5.41) is 15.4. The topological polar surface area (TPSA) is 63.3 Å². The van der Waals surface area contributed by atoms with Crippen molar-refractivity contribution in [3.63, 3.8) is 0 Å². The highest BCUT2D eigenvalue weighted by Crippen LogP contribution is 2.61. The van der Waals surface area contributed by atoms with Gasteiger partial charge in [0.15, 0.2) is 0 Å². The van der Waals surface area contributed by atoms with Crippen LogP contribution in [0.25, 0.3) is 11.3 Å². The number of carboxylic acid groups (broad SMARTS) is 1. The molecule has 0 amide bonds. The van der Waals surface area contributed by atoms with Gasteiger partial charge in [0.05, 0.1) is 15.5 Å². The van der Waals surface area contributed by atoms with E-state index in [9.17, 15) is 9.90 Å². The molecule has 1 atom stereocenters. The lowest BCUT2D eigenvalue weighted by Crippen LogP contribution is -2.49. The van der Waals surface area contributed by atoms with Crippen LogP contribution in [0.4, 0.5) is 0 Å². The third kappa shape index (κ3) is 3.51. The Hall–Kier alpha value is -1.52. The third-order valence-electron chi connectivity index (χ3n) is 8.53. The molecule has 1 heterocycles. The summed E-state index contributed by atoms with van der Waals surface area (Å²) in [6, 6.07) is 5.55. The Labute approximate surface area is 193 Å². The van der Waals surface area contributed by atoms with Gasteiger partial charge in [-0.15, -0.1) is 0 Å². The Kier molecular flexibility index (Phi) is 5.37. The maximum Gasteiger partial charge on any atom is 0.309 e. The molecule has 1 unspecified atom stereocenters. The second kappa shape index (κ2) is 7.81. The molecule has 6 rings (SSSR count). The molecule has 4 nitrogen and oxygen atoms in total. The smallest absolute Gasteiger partial charge is 0.309 e. The average Bonchev–Trinajstić information content (AvgIpc) is 3.54. The Morgan fingerprint density at radius 3 is 2.29 bits per heavy atom. The Balaban J connectivity index is 1.49. The van der Waals surface area contributed by atoms with Crippen LogP contribution in [0, 0.1) is 16.7 Å². The number of hydrogen-bond acceptors (Lipinski definition) is 3. The minimum absolute atomic E-state index is 0.214. The van der Waals surface area contributed by atoms with Crippen LogP contribution in [-0.2, 0) is 11.2 Å². The Morgan fingerprint density at radius 1 is 1.16 bits per heavy atom. The van der Waals surface area contributed by atoms with Crippen LogP contribution in [0.1, 0.15) is 82.0 Å². The molecule has 4 aliphatic carbocycles. The van der Waals surface area contributed by atoms with Crippen LogP contribution in [0.15, 0.2) is 22.7 Å². The van der Waals surface area contributed by atoms with Gasteiger partial charge in [-0.05, 0) is 81.3 Å². The van der Waals surface area contributed by atoms with Crippen LogP contribution in [0.2, 0.25) is 10.0 Å². The van der Waals surface area contributed by atoms with Crippen LogP contribution < -0.4 is 0 Å². The number of benzene rings is 1. The van der Waals surface area contributed by atoms with E-state index in [1.807, 2.05) is 18.2 Å². The molecule has 4 aliphatic rings. The van der Waals surface area contributed by atoms with E-state index >= 15 is 0 Å². The van der Waals surface area contributed by atoms with Gasteiger partial charge in [0.25, 0.3) is 0 Å². The fourth-order valence-electron chi connectivity index (χ4n) is 6.29. The molecule has 4 saturated carbocycles. The molecule has 0 radical (unpaired) electrons. The van der Waals surface area contributed by atoms with Crippen LogP contribution in [0.5, 0.6) is 0 Å². The van der Waals surface area contributed by atoms with Crippen molar-refractivity contribution >= 4 is 29.2 Å². The zero-order valence-electron chi connectivity index (χ0n) is 17.9. The maximum absolute atomic E-state index is 11.9. The number of aliphatic carboxylic acids is 1. The van der Waals surface area contributed by atoms with Crippen LogP contribution in [0.3, 0.4) is 0 Å². The fraction of sp³-hybridized carbons (Fsp3) is 0.600. The van der Waals surface area contributed by atoms with Crippen molar-refractivity contribution in [1.29, 1.82) is 0 Å². The highest BCUT2D eigenvalue weighted by atomic mass is 35.5. The number of nitrogens with zero attached hydrogens (tertiary/aromatic N) is 1. The lowest BCUT2D eigenvalue weighted by Gasteiger charge is -2.55. The number of hydrogen-bond donors (Lipinski definition) is 1. The second-order valence-corrected chi connectivity index (χ2v) is 10.8. The number of carboxylic acids is 1. The highest BCUT2D eigenvalue weighted by Gasteiger charge is 2.55. The van der Waals surface area contributed by atoms with Crippen molar-refractivity contribution in [2.24, 2.45) is 16.7 Å². The molecule has 1 aromatic heterocycles. The molecule has 2 aromatic rings. The van der Waals surface area contributed by atoms with Crippen molar-refractivity contribution in [2.45, 2.75) is 77.0 Å². The quantitative estimate of drug-likeness (QED) is 0.462. The summed E-state index contributed by atoms with van der Waals surface area (Å²) in [6.07, 6.45) is 9.66. The summed E-state index contributed by atoms with van der Waals surface area (Å²) in [7, 11) is 0. The first kappa shape index (κ1) is 21.3. The van der Waals surface area contributed by atoms with Crippen molar-refractivity contribution in [3.05, 3.63) is 39.6 Å². The number of halogens is 2. The van der Waals surface area contributed by atoms with Gasteiger partial charge in [0.1, 0.15) is 11.5 Å². The van der Waals surface area contributed by atoms with Gasteiger partial charge >= 0.3 is 5.97 Å². The maximum atomic E-state index is 11.9. The predicted octanol–water partition coefficient (Wildman–Crippen LogP) is 7.52. The van der Waals surface area contributed by atoms with Gasteiger partial charge in [-0.2, -0.15) is 0 Å². The normalized spacial score (nSPS) is 28.6. The molecular weight excluding hydrogens is 433 g/mol. The molecule has 31 heavy (non-hydrogen) atoms. The molecule has 4 fully saturated rings. The van der Waals surface area contributed by atoms with Gasteiger partial charge in [-0.1, -0.05) is 47.8 Å². The highest BCUT2D eigenvalue weighted by molar-refractivity contribution is 6.39. The monoisotopic (exact) mass is 461 g/mol. The molecule has 2 bridgehead atoms. The molecule has 0 aliphatic heterocycles. The number of aromatic nitrogens is 1. The summed E-state index contributed by atoms with van der Waals surface area (Å²) in [4.78, 5) is 11.9. The summed E-state index contributed by atoms with van der Waals surface area (Å²) in [5.74, 6) is 1.33. The van der Waals surface area contributed by atoms with E-state index in [1.54, 1.807) is 0 Å². The number of rotatable bonds is 7. The molecule has 1 N–H and O–H groups in total. The van der Waals surface area contributed by atoms with Gasteiger partial charge in [0.2, 0.25) is 0 Å². The minimum Gasteiger partial charge on any atom is -0.481 e. The fourth-order valence-corrected chi connectivity index (χ4v) is 6.87. The Morgan fingerprint density at radius 2 is 1.77 bits per heavy atom. The van der Waals surface area contributed by atoms with Crippen LogP contribution >= 0.6 is 23.2 Å². The van der Waals surface area contributed by atoms with Crippen molar-refractivity contribution in [2.75, 3.05) is 0 Å². The summed E-state index contributed by atoms with van der Waals surface area (Å²) < 4.78 is 5.90. The van der Waals surface area contributed by atoms with Gasteiger partial charge in [0, 0.05) is 17.0 Å². The lowest BCUT2D eigenvalue weighted by atomic mass is 9.49. The molecule has 0 spiro atoms. The molecule has 0 saturated heterocycles. The minimum atomic E-state index is -0.598. The van der Waals surface area contributed by atoms with Crippen LogP contribution in [-0.4, -0.2) is 16.2 Å². The van der Waals surface area contributed by atoms with Gasteiger partial charge in [-0.25, -0.2) is 0 Å². The zero-order chi connectivity index (χ0) is 21.8. The van der Waals surface area contributed by atoms with E-state index in [2.05, 4.69) is 12.1 Å². The van der Waals surface area contributed by atoms with Crippen molar-refractivity contribution < 1.29 is 14.4 Å². The Bertz CT molecular complexity index is 965. The average molecular weight is 462 g/mol. The van der Waals surface area contributed by atoms with E-state index in [0.717, 1.165) is 81.2 Å². The van der Waals surface area contributed by atoms with E-state index in [4.69, 9.17) is 27.7 Å². The molecule has 166 valence electrons. The first-order valence-corrected chi connectivity index (χ1v) is 12.3. The van der Waals surface area contributed by atoms with Crippen molar-refractivity contribution in [3.8, 4) is 11.3 Å². The van der Waals surface area contributed by atoms with Gasteiger partial charge < -0.3 is 9.63 Å². The van der Waals surface area contributed by atoms with E-state index in [1.165, 1.54) is 5.56 Å². The first-order chi connectivity index (χ1) is 14.9. The largest absolute Gasteiger partial charge is 0.481 e. The van der Waals surface area contributed by atoms with Gasteiger partial charge in [-0.3, -0.25) is 4.79 Å². The summed E-state index contributed by atoms with van der Waals surface area (Å²) in [5.41, 5.74) is 2.46. The summed E-state index contributed by atoms with van der Waals surface area (Å²) >= 11 is 13.1. The summed E-state index contributed by atoms with van der Waals surface area (Å²) in [6.45, 7) is 2.26. The first-order valence-electron chi connectivity index (χ1n) is 11.6. The standard InChI is InChI=1S/C25H29Cl2NO3/c1-2-16(24-8-11-25(12-9-24,13-10-24)23(29)30)14-17-21(28-31-22(17)15-6-7-15)20-18(26)4-3-5-19(20)27/h3-5,15-16H,2,6-14H2,1H3,(H,29,30). The van der Waals surface area contributed by atoms with E-state index in [-0.39, 0.29) is 5.41 Å². The molecule has 6 heteroatoms. The zero-order valence-corrected chi connectivity index (χ0v) is 19.4.